The first-order valence-electron chi connectivity index (χ1n) is 8.14. The number of amides is 1. The van der Waals surface area contributed by atoms with Crippen LogP contribution in [-0.4, -0.2) is 34.9 Å². The van der Waals surface area contributed by atoms with Crippen molar-refractivity contribution in [2.75, 3.05) is 13.1 Å². The summed E-state index contributed by atoms with van der Waals surface area (Å²) in [5.74, 6) is 0.183. The summed E-state index contributed by atoms with van der Waals surface area (Å²) in [6.07, 6.45) is 5.57. The van der Waals surface area contributed by atoms with E-state index in [2.05, 4.69) is 21.3 Å². The van der Waals surface area contributed by atoms with E-state index in [9.17, 15) is 9.59 Å². The van der Waals surface area contributed by atoms with Gasteiger partial charge in [0.2, 0.25) is 0 Å². The number of aromatic nitrogens is 1. The summed E-state index contributed by atoms with van der Waals surface area (Å²) in [7, 11) is 0. The smallest absolute Gasteiger partial charge is 0.287 e. The quantitative estimate of drug-likeness (QED) is 0.926. The van der Waals surface area contributed by atoms with E-state index in [-0.39, 0.29) is 23.1 Å². The number of nitrogens with zero attached hydrogens (tertiary/aromatic N) is 2. The SMILES string of the molecule is Cc1cc(=O)cc(C(=O)NC2CCCN(Cc3cccnc3)C2)o1. The molecular formula is C18H21N3O3. The summed E-state index contributed by atoms with van der Waals surface area (Å²) in [6.45, 7) is 4.26. The Balaban J connectivity index is 1.60. The number of hydrogen-bond acceptors (Lipinski definition) is 5. The molecule has 1 fully saturated rings. The van der Waals surface area contributed by atoms with Crippen molar-refractivity contribution in [3.8, 4) is 0 Å². The Morgan fingerprint density at radius 1 is 1.46 bits per heavy atom. The van der Waals surface area contributed by atoms with Crippen LogP contribution in [0.1, 0.15) is 34.7 Å². The van der Waals surface area contributed by atoms with E-state index in [1.165, 1.54) is 12.1 Å². The first-order valence-corrected chi connectivity index (χ1v) is 8.14. The Morgan fingerprint density at radius 3 is 3.08 bits per heavy atom. The summed E-state index contributed by atoms with van der Waals surface area (Å²) in [5, 5.41) is 2.98. The van der Waals surface area contributed by atoms with Crippen molar-refractivity contribution in [2.24, 2.45) is 0 Å². The molecular weight excluding hydrogens is 306 g/mol. The van der Waals surface area contributed by atoms with E-state index in [1.807, 2.05) is 12.3 Å². The molecule has 0 spiro atoms. The molecule has 1 aliphatic heterocycles. The van der Waals surface area contributed by atoms with Crippen LogP contribution in [0.3, 0.4) is 0 Å². The van der Waals surface area contributed by atoms with Gasteiger partial charge in [-0.2, -0.15) is 0 Å². The number of likely N-dealkylation sites (tertiary alicyclic amines) is 1. The van der Waals surface area contributed by atoms with Crippen molar-refractivity contribution in [2.45, 2.75) is 32.4 Å². The van der Waals surface area contributed by atoms with Crippen LogP contribution in [0.2, 0.25) is 0 Å². The highest BCUT2D eigenvalue weighted by molar-refractivity contribution is 5.91. The molecule has 2 aromatic rings. The number of nitrogens with one attached hydrogen (secondary N) is 1. The molecule has 24 heavy (non-hydrogen) atoms. The highest BCUT2D eigenvalue weighted by Gasteiger charge is 2.23. The summed E-state index contributed by atoms with van der Waals surface area (Å²) in [6, 6.07) is 6.63. The minimum atomic E-state index is -0.330. The normalized spacial score (nSPS) is 18.3. The van der Waals surface area contributed by atoms with Crippen molar-refractivity contribution < 1.29 is 9.21 Å². The highest BCUT2D eigenvalue weighted by Crippen LogP contribution is 2.14. The first-order chi connectivity index (χ1) is 11.6. The van der Waals surface area contributed by atoms with Gasteiger partial charge in [0, 0.05) is 43.7 Å². The predicted octanol–water partition coefficient (Wildman–Crippen LogP) is 1.74. The average molecular weight is 327 g/mol. The summed E-state index contributed by atoms with van der Waals surface area (Å²) in [5.41, 5.74) is 0.944. The second kappa shape index (κ2) is 7.40. The number of hydrogen-bond donors (Lipinski definition) is 1. The molecule has 2 aromatic heterocycles. The molecule has 0 saturated carbocycles. The summed E-state index contributed by atoms with van der Waals surface area (Å²) < 4.78 is 5.35. The number of carbonyl (C=O) groups excluding carboxylic acids is 1. The lowest BCUT2D eigenvalue weighted by Crippen LogP contribution is -2.47. The molecule has 1 unspecified atom stereocenters. The number of aryl methyl sites for hydroxylation is 1. The van der Waals surface area contributed by atoms with Gasteiger partial charge in [0.1, 0.15) is 5.76 Å². The van der Waals surface area contributed by atoms with E-state index in [1.54, 1.807) is 13.1 Å². The third kappa shape index (κ3) is 4.29. The van der Waals surface area contributed by atoms with Gasteiger partial charge in [-0.1, -0.05) is 6.07 Å². The topological polar surface area (TPSA) is 75.4 Å². The molecule has 0 aromatic carbocycles. The van der Waals surface area contributed by atoms with Crippen LogP contribution in [0.4, 0.5) is 0 Å². The lowest BCUT2D eigenvalue weighted by Gasteiger charge is -2.33. The molecule has 6 nitrogen and oxygen atoms in total. The molecule has 1 atom stereocenters. The Kier molecular flexibility index (Phi) is 5.05. The molecule has 6 heteroatoms. The number of pyridine rings is 1. The van der Waals surface area contributed by atoms with Crippen LogP contribution >= 0.6 is 0 Å². The maximum absolute atomic E-state index is 12.3. The van der Waals surface area contributed by atoms with Crippen LogP contribution in [-0.2, 0) is 6.54 Å². The zero-order chi connectivity index (χ0) is 16.9. The second-order valence-corrected chi connectivity index (χ2v) is 6.18. The Labute approximate surface area is 140 Å². The predicted molar refractivity (Wildman–Crippen MR) is 89.7 cm³/mol. The van der Waals surface area contributed by atoms with Crippen LogP contribution in [0, 0.1) is 6.92 Å². The van der Waals surface area contributed by atoms with E-state index in [0.717, 1.165) is 38.0 Å². The van der Waals surface area contributed by atoms with Gasteiger partial charge in [-0.15, -0.1) is 0 Å². The molecule has 1 amide bonds. The third-order valence-electron chi connectivity index (χ3n) is 4.08. The molecule has 0 aliphatic carbocycles. The Hall–Kier alpha value is -2.47. The van der Waals surface area contributed by atoms with Crippen molar-refractivity contribution in [3.63, 3.8) is 0 Å². The first kappa shape index (κ1) is 16.4. The van der Waals surface area contributed by atoms with E-state index in [4.69, 9.17) is 4.42 Å². The maximum Gasteiger partial charge on any atom is 0.287 e. The molecule has 0 radical (unpaired) electrons. The van der Waals surface area contributed by atoms with Crippen LogP contribution in [0.5, 0.6) is 0 Å². The monoisotopic (exact) mass is 327 g/mol. The fourth-order valence-corrected chi connectivity index (χ4v) is 3.04. The number of rotatable bonds is 4. The van der Waals surface area contributed by atoms with Gasteiger partial charge in [0.15, 0.2) is 11.2 Å². The molecule has 1 saturated heterocycles. The van der Waals surface area contributed by atoms with Gasteiger partial charge >= 0.3 is 0 Å². The fourth-order valence-electron chi connectivity index (χ4n) is 3.04. The Bertz CT molecular complexity index is 758. The zero-order valence-electron chi connectivity index (χ0n) is 13.7. The Morgan fingerprint density at radius 2 is 2.33 bits per heavy atom. The number of carbonyl (C=O) groups is 1. The van der Waals surface area contributed by atoms with Gasteiger partial charge in [-0.25, -0.2) is 0 Å². The zero-order valence-corrected chi connectivity index (χ0v) is 13.7. The van der Waals surface area contributed by atoms with Gasteiger partial charge in [-0.3, -0.25) is 19.5 Å². The maximum atomic E-state index is 12.3. The lowest BCUT2D eigenvalue weighted by atomic mass is 10.0. The average Bonchev–Trinajstić information content (AvgIpc) is 2.55. The van der Waals surface area contributed by atoms with Gasteiger partial charge in [0.05, 0.1) is 0 Å². The molecule has 1 aliphatic rings. The van der Waals surface area contributed by atoms with Crippen molar-refractivity contribution in [3.05, 3.63) is 64.0 Å². The molecule has 126 valence electrons. The minimum absolute atomic E-state index is 0.0498. The molecule has 3 heterocycles. The molecule has 0 bridgehead atoms. The van der Waals surface area contributed by atoms with Gasteiger partial charge in [0.25, 0.3) is 5.91 Å². The highest BCUT2D eigenvalue weighted by atomic mass is 16.3. The van der Waals surface area contributed by atoms with E-state index in [0.29, 0.717) is 5.76 Å². The third-order valence-corrected chi connectivity index (χ3v) is 4.08. The van der Waals surface area contributed by atoms with E-state index < -0.39 is 0 Å². The second-order valence-electron chi connectivity index (χ2n) is 6.18. The fraction of sp³-hybridized carbons (Fsp3) is 0.389. The van der Waals surface area contributed by atoms with Crippen molar-refractivity contribution in [1.29, 1.82) is 0 Å². The van der Waals surface area contributed by atoms with Crippen molar-refractivity contribution in [1.82, 2.24) is 15.2 Å². The van der Waals surface area contributed by atoms with E-state index >= 15 is 0 Å². The van der Waals surface area contributed by atoms with Crippen LogP contribution < -0.4 is 10.7 Å². The summed E-state index contributed by atoms with van der Waals surface area (Å²) in [4.78, 5) is 30.3. The number of piperidine rings is 1. The van der Waals surface area contributed by atoms with Crippen LogP contribution in [0.15, 0.2) is 45.9 Å². The van der Waals surface area contributed by atoms with Crippen LogP contribution in [0.25, 0.3) is 0 Å². The molecule has 3 rings (SSSR count). The molecule has 1 N–H and O–H groups in total. The largest absolute Gasteiger partial charge is 0.456 e. The lowest BCUT2D eigenvalue weighted by molar-refractivity contribution is 0.0869. The minimum Gasteiger partial charge on any atom is -0.456 e. The van der Waals surface area contributed by atoms with Gasteiger partial charge in [-0.05, 0) is 37.9 Å². The summed E-state index contributed by atoms with van der Waals surface area (Å²) >= 11 is 0. The standard InChI is InChI=1S/C18H21N3O3/c1-13-8-16(22)9-17(24-13)18(23)20-15-5-3-7-21(12-15)11-14-4-2-6-19-10-14/h2,4,6,8-10,15H,3,5,7,11-12H2,1H3,(H,20,23). The van der Waals surface area contributed by atoms with Gasteiger partial charge < -0.3 is 9.73 Å². The van der Waals surface area contributed by atoms with Crippen molar-refractivity contribution >= 4 is 5.91 Å².